The standard InChI is InChI=1S/C25H21ClN4O3/c26-18-3-2-17-8-10-27-24(20(17)14-18)30-19-4-5-21(29-15-19)25(31)28-9-7-16-1-6-22-23(13-16)33-12-11-32-22/h1-6,8,10,13-15H,7,9,11-12H2,(H,27,30)(H,28,31). The van der Waals surface area contributed by atoms with Crippen molar-refractivity contribution in [3.8, 4) is 11.5 Å². The number of pyridine rings is 2. The van der Waals surface area contributed by atoms with Crippen LogP contribution in [-0.2, 0) is 6.42 Å². The van der Waals surface area contributed by atoms with Crippen molar-refractivity contribution < 1.29 is 14.3 Å². The van der Waals surface area contributed by atoms with Gasteiger partial charge in [0.25, 0.3) is 5.91 Å². The first-order valence-electron chi connectivity index (χ1n) is 10.6. The molecule has 0 saturated heterocycles. The number of benzene rings is 2. The zero-order valence-electron chi connectivity index (χ0n) is 17.7. The van der Waals surface area contributed by atoms with E-state index in [4.69, 9.17) is 21.1 Å². The minimum Gasteiger partial charge on any atom is -0.486 e. The maximum Gasteiger partial charge on any atom is 0.269 e. The van der Waals surface area contributed by atoms with Crippen LogP contribution in [0.4, 0.5) is 11.5 Å². The summed E-state index contributed by atoms with van der Waals surface area (Å²) < 4.78 is 11.1. The van der Waals surface area contributed by atoms with E-state index in [9.17, 15) is 4.79 Å². The van der Waals surface area contributed by atoms with Crippen LogP contribution in [0.25, 0.3) is 10.8 Å². The number of hydrogen-bond donors (Lipinski definition) is 2. The van der Waals surface area contributed by atoms with E-state index in [1.807, 2.05) is 42.5 Å². The molecular formula is C25H21ClN4O3. The van der Waals surface area contributed by atoms with Crippen molar-refractivity contribution >= 4 is 39.8 Å². The molecule has 3 heterocycles. The maximum absolute atomic E-state index is 12.5. The third kappa shape index (κ3) is 4.83. The molecule has 0 fully saturated rings. The Morgan fingerprint density at radius 3 is 2.70 bits per heavy atom. The molecule has 0 saturated carbocycles. The van der Waals surface area contributed by atoms with Gasteiger partial charge in [0.15, 0.2) is 11.5 Å². The Balaban J connectivity index is 1.19. The summed E-state index contributed by atoms with van der Waals surface area (Å²) in [5.41, 5.74) is 2.13. The third-order valence-corrected chi connectivity index (χ3v) is 5.53. The third-order valence-electron chi connectivity index (χ3n) is 5.29. The molecule has 0 spiro atoms. The van der Waals surface area contributed by atoms with Crippen LogP contribution in [0.1, 0.15) is 16.1 Å². The molecule has 1 aliphatic heterocycles. The number of fused-ring (bicyclic) bond motifs is 2. The van der Waals surface area contributed by atoms with Crippen LogP contribution in [0.3, 0.4) is 0 Å². The van der Waals surface area contributed by atoms with Gasteiger partial charge in [0, 0.05) is 23.2 Å². The van der Waals surface area contributed by atoms with E-state index in [-0.39, 0.29) is 5.91 Å². The molecule has 4 aromatic rings. The van der Waals surface area contributed by atoms with Crippen LogP contribution in [0.2, 0.25) is 5.02 Å². The summed E-state index contributed by atoms with van der Waals surface area (Å²) in [7, 11) is 0. The number of hydrogen-bond acceptors (Lipinski definition) is 6. The number of aromatic nitrogens is 2. The quantitative estimate of drug-likeness (QED) is 0.431. The largest absolute Gasteiger partial charge is 0.486 e. The first-order valence-corrected chi connectivity index (χ1v) is 11.0. The predicted molar refractivity (Wildman–Crippen MR) is 128 cm³/mol. The van der Waals surface area contributed by atoms with Gasteiger partial charge >= 0.3 is 0 Å². The first kappa shape index (κ1) is 21.0. The number of halogens is 1. The Hall–Kier alpha value is -3.84. The average Bonchev–Trinajstić information content (AvgIpc) is 2.85. The van der Waals surface area contributed by atoms with E-state index < -0.39 is 0 Å². The Morgan fingerprint density at radius 1 is 0.970 bits per heavy atom. The molecule has 166 valence electrons. The zero-order chi connectivity index (χ0) is 22.6. The number of rotatable bonds is 6. The molecule has 1 amide bonds. The van der Waals surface area contributed by atoms with Gasteiger partial charge in [-0.15, -0.1) is 0 Å². The Kier molecular flexibility index (Phi) is 5.95. The average molecular weight is 461 g/mol. The van der Waals surface area contributed by atoms with Gasteiger partial charge in [0.1, 0.15) is 24.7 Å². The fourth-order valence-corrected chi connectivity index (χ4v) is 3.81. The fraction of sp³-hybridized carbons (Fsp3) is 0.160. The molecule has 0 bridgehead atoms. The van der Waals surface area contributed by atoms with Crippen LogP contribution in [0, 0.1) is 0 Å². The van der Waals surface area contributed by atoms with Gasteiger partial charge in [-0.2, -0.15) is 0 Å². The molecule has 33 heavy (non-hydrogen) atoms. The Bertz CT molecular complexity index is 1310. The Labute approximate surface area is 195 Å². The van der Waals surface area contributed by atoms with Crippen LogP contribution in [-0.4, -0.2) is 35.6 Å². The van der Waals surface area contributed by atoms with E-state index >= 15 is 0 Å². The van der Waals surface area contributed by atoms with Gasteiger partial charge in [0.05, 0.1) is 11.9 Å². The molecule has 0 radical (unpaired) electrons. The smallest absolute Gasteiger partial charge is 0.269 e. The molecule has 8 heteroatoms. The van der Waals surface area contributed by atoms with E-state index in [0.717, 1.165) is 33.5 Å². The van der Waals surface area contributed by atoms with Gasteiger partial charge in [0.2, 0.25) is 0 Å². The predicted octanol–water partition coefficient (Wildman–Crippen LogP) is 4.77. The number of carbonyl (C=O) groups excluding carboxylic acids is 1. The van der Waals surface area contributed by atoms with Gasteiger partial charge < -0.3 is 20.1 Å². The molecule has 2 aromatic carbocycles. The Morgan fingerprint density at radius 2 is 1.85 bits per heavy atom. The normalized spacial score (nSPS) is 12.4. The summed E-state index contributed by atoms with van der Waals surface area (Å²) >= 11 is 6.14. The van der Waals surface area contributed by atoms with Crippen molar-refractivity contribution in [2.24, 2.45) is 0 Å². The number of carbonyl (C=O) groups is 1. The summed E-state index contributed by atoms with van der Waals surface area (Å²) in [6.45, 7) is 1.60. The van der Waals surface area contributed by atoms with Gasteiger partial charge in [-0.3, -0.25) is 4.79 Å². The lowest BCUT2D eigenvalue weighted by Gasteiger charge is -2.18. The molecular weight excluding hydrogens is 440 g/mol. The van der Waals surface area contributed by atoms with Crippen molar-refractivity contribution in [2.75, 3.05) is 25.1 Å². The van der Waals surface area contributed by atoms with E-state index in [1.165, 1.54) is 0 Å². The number of nitrogens with zero attached hydrogens (tertiary/aromatic N) is 2. The highest BCUT2D eigenvalue weighted by Gasteiger charge is 2.12. The zero-order valence-corrected chi connectivity index (χ0v) is 18.4. The lowest BCUT2D eigenvalue weighted by molar-refractivity contribution is 0.0949. The number of amides is 1. The van der Waals surface area contributed by atoms with Gasteiger partial charge in [-0.1, -0.05) is 23.7 Å². The van der Waals surface area contributed by atoms with E-state index in [1.54, 1.807) is 24.5 Å². The lowest BCUT2D eigenvalue weighted by Crippen LogP contribution is -2.26. The van der Waals surface area contributed by atoms with E-state index in [0.29, 0.717) is 42.7 Å². The molecule has 7 nitrogen and oxygen atoms in total. The molecule has 0 unspecified atom stereocenters. The molecule has 2 N–H and O–H groups in total. The lowest BCUT2D eigenvalue weighted by atomic mass is 10.1. The maximum atomic E-state index is 12.5. The van der Waals surface area contributed by atoms with Crippen molar-refractivity contribution in [3.05, 3.63) is 83.3 Å². The van der Waals surface area contributed by atoms with Crippen molar-refractivity contribution in [1.29, 1.82) is 0 Å². The van der Waals surface area contributed by atoms with Crippen molar-refractivity contribution in [2.45, 2.75) is 6.42 Å². The highest BCUT2D eigenvalue weighted by atomic mass is 35.5. The van der Waals surface area contributed by atoms with Crippen LogP contribution in [0.15, 0.2) is 67.0 Å². The number of anilines is 2. The summed E-state index contributed by atoms with van der Waals surface area (Å²) in [6, 6.07) is 16.9. The molecule has 0 atom stereocenters. The topological polar surface area (TPSA) is 85.4 Å². The second kappa shape index (κ2) is 9.34. The summed E-state index contributed by atoms with van der Waals surface area (Å²) in [5, 5.41) is 8.72. The molecule has 0 aliphatic carbocycles. The monoisotopic (exact) mass is 460 g/mol. The minimum absolute atomic E-state index is 0.228. The summed E-state index contributed by atoms with van der Waals surface area (Å²) in [5.74, 6) is 1.95. The number of ether oxygens (including phenoxy) is 2. The van der Waals surface area contributed by atoms with E-state index in [2.05, 4.69) is 20.6 Å². The van der Waals surface area contributed by atoms with Gasteiger partial charge in [-0.05, 0) is 59.8 Å². The minimum atomic E-state index is -0.228. The van der Waals surface area contributed by atoms with Crippen molar-refractivity contribution in [1.82, 2.24) is 15.3 Å². The van der Waals surface area contributed by atoms with Gasteiger partial charge in [-0.25, -0.2) is 9.97 Å². The second-order valence-corrected chi connectivity index (χ2v) is 8.00. The van der Waals surface area contributed by atoms with Crippen LogP contribution >= 0.6 is 11.6 Å². The SMILES string of the molecule is O=C(NCCc1ccc2c(c1)OCCO2)c1ccc(Nc2nccc3ccc(Cl)cc23)cn1. The second-order valence-electron chi connectivity index (χ2n) is 7.57. The molecule has 5 rings (SSSR count). The summed E-state index contributed by atoms with van der Waals surface area (Å²) in [6.07, 6.45) is 4.02. The number of nitrogens with one attached hydrogen (secondary N) is 2. The van der Waals surface area contributed by atoms with Crippen LogP contribution < -0.4 is 20.1 Å². The van der Waals surface area contributed by atoms with Crippen LogP contribution in [0.5, 0.6) is 11.5 Å². The van der Waals surface area contributed by atoms with Crippen molar-refractivity contribution in [3.63, 3.8) is 0 Å². The fourth-order valence-electron chi connectivity index (χ4n) is 3.63. The first-order chi connectivity index (χ1) is 16.2. The molecule has 1 aliphatic rings. The summed E-state index contributed by atoms with van der Waals surface area (Å²) in [4.78, 5) is 21.2. The highest BCUT2D eigenvalue weighted by Crippen LogP contribution is 2.31. The molecule has 2 aromatic heterocycles. The highest BCUT2D eigenvalue weighted by molar-refractivity contribution is 6.31.